The second-order valence-electron chi connectivity index (χ2n) is 8.19. The zero-order valence-corrected chi connectivity index (χ0v) is 19.6. The number of carbonyl (C=O) groups is 2. The number of methoxy groups -OCH3 is 3. The van der Waals surface area contributed by atoms with E-state index in [-0.39, 0.29) is 11.7 Å². The highest BCUT2D eigenvalue weighted by molar-refractivity contribution is 6.09. The molecule has 2 aromatic rings. The first kappa shape index (κ1) is 23.4. The van der Waals surface area contributed by atoms with Gasteiger partial charge in [0.25, 0.3) is 5.91 Å². The number of ether oxygens (including phenoxy) is 3. The summed E-state index contributed by atoms with van der Waals surface area (Å²) in [5.74, 6) is -0.158. The molecule has 1 atom stereocenters. The average Bonchev–Trinajstić information content (AvgIpc) is 2.83. The Morgan fingerprint density at radius 1 is 1.03 bits per heavy atom. The molecule has 0 fully saturated rings. The Morgan fingerprint density at radius 2 is 1.68 bits per heavy atom. The molecule has 7 nitrogen and oxygen atoms in total. The second-order valence-corrected chi connectivity index (χ2v) is 8.19. The van der Waals surface area contributed by atoms with Crippen LogP contribution in [-0.2, 0) is 9.59 Å². The Balaban J connectivity index is 1.86. The fraction of sp³-hybridized carbons (Fsp3) is 0.308. The third kappa shape index (κ3) is 4.23. The van der Waals surface area contributed by atoms with E-state index in [9.17, 15) is 14.0 Å². The Labute approximate surface area is 197 Å². The molecular weight excluding hydrogens is 439 g/mol. The van der Waals surface area contributed by atoms with Crippen LogP contribution in [0.1, 0.15) is 37.7 Å². The van der Waals surface area contributed by atoms with Crippen LogP contribution in [0.15, 0.2) is 58.9 Å². The summed E-state index contributed by atoms with van der Waals surface area (Å²) >= 11 is 0. The number of rotatable bonds is 6. The number of hydrogen-bond donors (Lipinski definition) is 2. The van der Waals surface area contributed by atoms with Gasteiger partial charge in [-0.3, -0.25) is 9.59 Å². The van der Waals surface area contributed by atoms with Crippen molar-refractivity contribution < 1.29 is 28.2 Å². The molecule has 0 radical (unpaired) electrons. The molecule has 0 spiro atoms. The van der Waals surface area contributed by atoms with Gasteiger partial charge in [0, 0.05) is 40.6 Å². The number of anilines is 1. The van der Waals surface area contributed by atoms with Gasteiger partial charge in [0.2, 0.25) is 5.75 Å². The van der Waals surface area contributed by atoms with E-state index in [1.165, 1.54) is 45.6 Å². The van der Waals surface area contributed by atoms with Crippen molar-refractivity contribution in [2.75, 3.05) is 26.6 Å². The number of nitrogens with one attached hydrogen (secondary N) is 2. The normalized spacial score (nSPS) is 17.7. The molecule has 0 bridgehead atoms. The van der Waals surface area contributed by atoms with Crippen LogP contribution in [0, 0.1) is 5.82 Å². The van der Waals surface area contributed by atoms with Crippen molar-refractivity contribution in [3.8, 4) is 17.2 Å². The van der Waals surface area contributed by atoms with E-state index < -0.39 is 11.7 Å². The van der Waals surface area contributed by atoms with Crippen molar-refractivity contribution in [1.82, 2.24) is 5.32 Å². The lowest BCUT2D eigenvalue weighted by Gasteiger charge is -2.35. The largest absolute Gasteiger partial charge is 0.493 e. The van der Waals surface area contributed by atoms with Gasteiger partial charge in [-0.2, -0.15) is 0 Å². The predicted molar refractivity (Wildman–Crippen MR) is 126 cm³/mol. The highest BCUT2D eigenvalue weighted by atomic mass is 19.1. The zero-order valence-electron chi connectivity index (χ0n) is 19.6. The van der Waals surface area contributed by atoms with Crippen molar-refractivity contribution in [1.29, 1.82) is 0 Å². The third-order valence-electron chi connectivity index (χ3n) is 6.14. The van der Waals surface area contributed by atoms with Gasteiger partial charge in [-0.1, -0.05) is 0 Å². The molecule has 2 N–H and O–H groups in total. The minimum Gasteiger partial charge on any atom is -0.493 e. The molecule has 2 aromatic carbocycles. The van der Waals surface area contributed by atoms with E-state index in [1.54, 1.807) is 12.1 Å². The summed E-state index contributed by atoms with van der Waals surface area (Å²) in [6, 6.07) is 9.06. The first-order chi connectivity index (χ1) is 16.4. The summed E-state index contributed by atoms with van der Waals surface area (Å²) in [6.07, 6.45) is 1.87. The van der Waals surface area contributed by atoms with Crippen LogP contribution >= 0.6 is 0 Å². The SMILES string of the molecule is COc1cc(C2C(C(=O)Nc3ccc(F)cc3)=C(C)NC3=C2C(=O)CCC3)cc(OC)c1OC. The van der Waals surface area contributed by atoms with Crippen LogP contribution in [0.25, 0.3) is 0 Å². The van der Waals surface area contributed by atoms with E-state index in [0.717, 1.165) is 12.1 Å². The first-order valence-electron chi connectivity index (χ1n) is 11.0. The van der Waals surface area contributed by atoms with Gasteiger partial charge in [-0.05, 0) is 61.7 Å². The number of hydrogen-bond acceptors (Lipinski definition) is 6. The van der Waals surface area contributed by atoms with Gasteiger partial charge in [0.15, 0.2) is 17.3 Å². The maximum Gasteiger partial charge on any atom is 0.254 e. The van der Waals surface area contributed by atoms with Crippen LogP contribution in [0.3, 0.4) is 0 Å². The molecule has 1 aliphatic heterocycles. The predicted octanol–water partition coefficient (Wildman–Crippen LogP) is 4.46. The molecule has 8 heteroatoms. The van der Waals surface area contributed by atoms with Crippen LogP contribution < -0.4 is 24.8 Å². The van der Waals surface area contributed by atoms with Gasteiger partial charge < -0.3 is 24.8 Å². The lowest BCUT2D eigenvalue weighted by atomic mass is 9.75. The van der Waals surface area contributed by atoms with E-state index in [2.05, 4.69) is 10.6 Å². The molecule has 0 saturated carbocycles. The van der Waals surface area contributed by atoms with Crippen LogP contribution in [-0.4, -0.2) is 33.0 Å². The molecule has 0 aromatic heterocycles. The standard InChI is InChI=1S/C26H27FN2O5/c1-14-22(26(31)29-17-10-8-16(27)9-11-17)23(24-18(28-14)6-5-7-19(24)30)15-12-20(32-2)25(34-4)21(13-15)33-3/h8-13,23,28H,5-7H2,1-4H3,(H,29,31). The van der Waals surface area contributed by atoms with Crippen LogP contribution in [0.2, 0.25) is 0 Å². The Kier molecular flexibility index (Phi) is 6.58. The fourth-order valence-corrected chi connectivity index (χ4v) is 4.62. The molecule has 1 aliphatic carbocycles. The summed E-state index contributed by atoms with van der Waals surface area (Å²) in [6.45, 7) is 1.81. The Morgan fingerprint density at radius 3 is 2.26 bits per heavy atom. The average molecular weight is 467 g/mol. The third-order valence-corrected chi connectivity index (χ3v) is 6.14. The molecule has 1 unspecified atom stereocenters. The fourth-order valence-electron chi connectivity index (χ4n) is 4.62. The van der Waals surface area contributed by atoms with Gasteiger partial charge in [-0.15, -0.1) is 0 Å². The number of ketones is 1. The zero-order chi connectivity index (χ0) is 24.4. The lowest BCUT2D eigenvalue weighted by molar-refractivity contribution is -0.116. The van der Waals surface area contributed by atoms with Crippen LogP contribution in [0.5, 0.6) is 17.2 Å². The van der Waals surface area contributed by atoms with Crippen molar-refractivity contribution in [3.05, 3.63) is 70.3 Å². The molecule has 4 rings (SSSR count). The summed E-state index contributed by atoms with van der Waals surface area (Å²) in [7, 11) is 4.55. The minimum absolute atomic E-state index is 0.00733. The topological polar surface area (TPSA) is 85.9 Å². The smallest absolute Gasteiger partial charge is 0.254 e. The number of dihydropyridines is 1. The number of carbonyl (C=O) groups excluding carboxylic acids is 2. The number of amides is 1. The van der Waals surface area contributed by atoms with Crippen molar-refractivity contribution in [3.63, 3.8) is 0 Å². The second kappa shape index (κ2) is 9.59. The maximum atomic E-state index is 13.5. The summed E-state index contributed by atoms with van der Waals surface area (Å²) < 4.78 is 29.9. The highest BCUT2D eigenvalue weighted by Crippen LogP contribution is 2.47. The van der Waals surface area contributed by atoms with Crippen molar-refractivity contribution >= 4 is 17.4 Å². The molecule has 0 saturated heterocycles. The lowest BCUT2D eigenvalue weighted by Crippen LogP contribution is -2.35. The highest BCUT2D eigenvalue weighted by Gasteiger charge is 2.39. The molecule has 2 aliphatic rings. The van der Waals surface area contributed by atoms with Gasteiger partial charge in [0.1, 0.15) is 5.82 Å². The number of benzene rings is 2. The van der Waals surface area contributed by atoms with Gasteiger partial charge in [0.05, 0.1) is 21.3 Å². The summed E-state index contributed by atoms with van der Waals surface area (Å²) in [5, 5.41) is 6.12. The molecule has 1 heterocycles. The Bertz CT molecular complexity index is 1180. The minimum atomic E-state index is -0.641. The van der Waals surface area contributed by atoms with Crippen LogP contribution in [0.4, 0.5) is 10.1 Å². The Hall–Kier alpha value is -3.81. The molecular formula is C26H27FN2O5. The molecule has 34 heavy (non-hydrogen) atoms. The van der Waals surface area contributed by atoms with E-state index in [4.69, 9.17) is 14.2 Å². The van der Waals surface area contributed by atoms with E-state index in [0.29, 0.717) is 58.2 Å². The van der Waals surface area contributed by atoms with E-state index >= 15 is 0 Å². The molecule has 1 amide bonds. The van der Waals surface area contributed by atoms with Crippen molar-refractivity contribution in [2.45, 2.75) is 32.1 Å². The quantitative estimate of drug-likeness (QED) is 0.654. The molecule has 178 valence electrons. The maximum absolute atomic E-state index is 13.5. The number of halogens is 1. The first-order valence-corrected chi connectivity index (χ1v) is 11.0. The van der Waals surface area contributed by atoms with Gasteiger partial charge >= 0.3 is 0 Å². The van der Waals surface area contributed by atoms with Gasteiger partial charge in [-0.25, -0.2) is 4.39 Å². The number of allylic oxidation sites excluding steroid dienone is 3. The van der Waals surface area contributed by atoms with Crippen molar-refractivity contribution in [2.24, 2.45) is 0 Å². The van der Waals surface area contributed by atoms with E-state index in [1.807, 2.05) is 6.92 Å². The summed E-state index contributed by atoms with van der Waals surface area (Å²) in [5.41, 5.74) is 3.55. The summed E-state index contributed by atoms with van der Waals surface area (Å²) in [4.78, 5) is 26.7. The number of Topliss-reactive ketones (excluding diaryl/α,β-unsaturated/α-hetero) is 1. The monoisotopic (exact) mass is 466 g/mol.